The van der Waals surface area contributed by atoms with Crippen molar-refractivity contribution in [1.82, 2.24) is 0 Å². The summed E-state index contributed by atoms with van der Waals surface area (Å²) in [5.74, 6) is -0.0595. The molecule has 1 aromatic rings. The molecule has 0 aromatic heterocycles. The maximum Gasteiger partial charge on any atom is 0.338 e. The summed E-state index contributed by atoms with van der Waals surface area (Å²) < 4.78 is 27.9. The largest absolute Gasteiger partial charge is 0.462 e. The summed E-state index contributed by atoms with van der Waals surface area (Å²) in [5.41, 5.74) is 0.926. The molecule has 1 saturated carbocycles. The molecule has 0 heterocycles. The zero-order valence-corrected chi connectivity index (χ0v) is 12.8. The highest BCUT2D eigenvalue weighted by atomic mass is 35.7. The number of rotatable bonds is 4. The van der Waals surface area contributed by atoms with Crippen molar-refractivity contribution in [2.75, 3.05) is 6.61 Å². The Morgan fingerprint density at radius 2 is 2.00 bits per heavy atom. The van der Waals surface area contributed by atoms with Gasteiger partial charge in [-0.1, -0.05) is 18.9 Å². The van der Waals surface area contributed by atoms with E-state index in [9.17, 15) is 13.2 Å². The second-order valence-electron chi connectivity index (χ2n) is 5.16. The molecule has 0 amide bonds. The van der Waals surface area contributed by atoms with Crippen LogP contribution in [0, 0.1) is 12.8 Å². The fourth-order valence-corrected chi connectivity index (χ4v) is 3.20. The summed E-state index contributed by atoms with van der Waals surface area (Å²) in [7, 11) is 1.45. The van der Waals surface area contributed by atoms with Gasteiger partial charge >= 0.3 is 5.97 Å². The predicted octanol–water partition coefficient (Wildman–Crippen LogP) is 3.27. The van der Waals surface area contributed by atoms with Crippen LogP contribution in [0.25, 0.3) is 0 Å². The predicted molar refractivity (Wildman–Crippen MR) is 76.5 cm³/mol. The maximum atomic E-state index is 12.0. The molecular formula is C14H17ClO4S. The lowest BCUT2D eigenvalue weighted by molar-refractivity contribution is 0.0441. The number of hydrogen-bond donors (Lipinski definition) is 0. The summed E-state index contributed by atoms with van der Waals surface area (Å²) >= 11 is 0. The Kier molecular flexibility index (Phi) is 4.70. The van der Waals surface area contributed by atoms with E-state index in [-0.39, 0.29) is 10.5 Å². The lowest BCUT2D eigenvalue weighted by Crippen LogP contribution is -2.13. The molecule has 0 unspecified atom stereocenters. The van der Waals surface area contributed by atoms with E-state index in [1.54, 1.807) is 13.0 Å². The Labute approximate surface area is 123 Å². The molecule has 0 N–H and O–H groups in total. The van der Waals surface area contributed by atoms with Crippen LogP contribution in [-0.4, -0.2) is 21.0 Å². The highest BCUT2D eigenvalue weighted by Crippen LogP contribution is 2.25. The van der Waals surface area contributed by atoms with Crippen LogP contribution >= 0.6 is 10.7 Å². The van der Waals surface area contributed by atoms with E-state index in [0.29, 0.717) is 18.1 Å². The minimum atomic E-state index is -3.84. The summed E-state index contributed by atoms with van der Waals surface area (Å²) in [6, 6.07) is 4.21. The molecule has 2 rings (SSSR count). The summed E-state index contributed by atoms with van der Waals surface area (Å²) in [6.07, 6.45) is 4.53. The lowest BCUT2D eigenvalue weighted by atomic mass is 10.1. The number of aryl methyl sites for hydroxylation is 1. The molecule has 0 aliphatic heterocycles. The summed E-state index contributed by atoms with van der Waals surface area (Å²) in [6.45, 7) is 2.13. The molecule has 1 fully saturated rings. The van der Waals surface area contributed by atoms with Gasteiger partial charge in [0, 0.05) is 10.7 Å². The van der Waals surface area contributed by atoms with Crippen molar-refractivity contribution in [3.8, 4) is 0 Å². The van der Waals surface area contributed by atoms with Gasteiger partial charge in [-0.3, -0.25) is 0 Å². The molecule has 6 heteroatoms. The number of halogens is 1. The first kappa shape index (κ1) is 15.3. The quantitative estimate of drug-likeness (QED) is 0.632. The summed E-state index contributed by atoms with van der Waals surface area (Å²) in [5, 5.41) is 0. The van der Waals surface area contributed by atoms with Gasteiger partial charge in [0.2, 0.25) is 0 Å². The van der Waals surface area contributed by atoms with Crippen molar-refractivity contribution >= 4 is 25.7 Å². The van der Waals surface area contributed by atoms with Gasteiger partial charge in [-0.2, -0.15) is 0 Å². The monoisotopic (exact) mass is 316 g/mol. The van der Waals surface area contributed by atoms with E-state index < -0.39 is 15.0 Å². The molecule has 0 saturated heterocycles. The second kappa shape index (κ2) is 6.14. The normalized spacial score (nSPS) is 16.3. The van der Waals surface area contributed by atoms with Gasteiger partial charge in [-0.15, -0.1) is 0 Å². The van der Waals surface area contributed by atoms with E-state index in [1.807, 2.05) is 0 Å². The van der Waals surface area contributed by atoms with Crippen molar-refractivity contribution in [1.29, 1.82) is 0 Å². The zero-order valence-electron chi connectivity index (χ0n) is 11.3. The van der Waals surface area contributed by atoms with E-state index in [4.69, 9.17) is 15.4 Å². The molecule has 1 aliphatic rings. The standard InChI is InChI=1S/C14H17ClO4S/c1-10-6-7-12(20(15,17)18)8-13(10)14(16)19-9-11-4-2-3-5-11/h6-8,11H,2-5,9H2,1H3. The number of carbonyl (C=O) groups is 1. The number of hydrogen-bond acceptors (Lipinski definition) is 4. The van der Waals surface area contributed by atoms with Crippen LogP contribution in [0.2, 0.25) is 0 Å². The third kappa shape index (κ3) is 3.73. The fourth-order valence-electron chi connectivity index (χ4n) is 2.42. The average molecular weight is 317 g/mol. The van der Waals surface area contributed by atoms with Crippen molar-refractivity contribution in [2.45, 2.75) is 37.5 Å². The maximum absolute atomic E-state index is 12.0. The van der Waals surface area contributed by atoms with Crippen molar-refractivity contribution in [3.05, 3.63) is 29.3 Å². The number of carbonyl (C=O) groups excluding carboxylic acids is 1. The van der Waals surface area contributed by atoms with Gasteiger partial charge in [0.25, 0.3) is 9.05 Å². The van der Waals surface area contributed by atoms with Crippen molar-refractivity contribution in [3.63, 3.8) is 0 Å². The Hall–Kier alpha value is -1.07. The van der Waals surface area contributed by atoms with Crippen LogP contribution in [0.15, 0.2) is 23.1 Å². The molecule has 4 nitrogen and oxygen atoms in total. The first-order valence-electron chi connectivity index (χ1n) is 6.60. The van der Waals surface area contributed by atoms with Crippen LogP contribution < -0.4 is 0 Å². The Bertz CT molecular complexity index is 604. The highest BCUT2D eigenvalue weighted by Gasteiger charge is 2.20. The Morgan fingerprint density at radius 3 is 2.60 bits per heavy atom. The number of benzene rings is 1. The average Bonchev–Trinajstić information content (AvgIpc) is 2.88. The van der Waals surface area contributed by atoms with Gasteiger partial charge < -0.3 is 4.74 Å². The first-order valence-corrected chi connectivity index (χ1v) is 8.91. The zero-order chi connectivity index (χ0) is 14.8. The minimum absolute atomic E-state index is 0.0856. The highest BCUT2D eigenvalue weighted by molar-refractivity contribution is 8.13. The van der Waals surface area contributed by atoms with Crippen LogP contribution in [0.3, 0.4) is 0 Å². The SMILES string of the molecule is Cc1ccc(S(=O)(=O)Cl)cc1C(=O)OCC1CCCC1. The van der Waals surface area contributed by atoms with Gasteiger partial charge in [0.05, 0.1) is 17.1 Å². The van der Waals surface area contributed by atoms with Crippen LogP contribution in [0.5, 0.6) is 0 Å². The third-order valence-electron chi connectivity index (χ3n) is 3.64. The van der Waals surface area contributed by atoms with E-state index in [1.165, 1.54) is 25.0 Å². The molecule has 110 valence electrons. The molecular weight excluding hydrogens is 300 g/mol. The Morgan fingerprint density at radius 1 is 1.35 bits per heavy atom. The smallest absolute Gasteiger partial charge is 0.338 e. The van der Waals surface area contributed by atoms with E-state index >= 15 is 0 Å². The van der Waals surface area contributed by atoms with E-state index in [2.05, 4.69) is 0 Å². The molecule has 20 heavy (non-hydrogen) atoms. The summed E-state index contributed by atoms with van der Waals surface area (Å²) in [4.78, 5) is 12.0. The van der Waals surface area contributed by atoms with Crippen LogP contribution in [0.1, 0.15) is 41.6 Å². The van der Waals surface area contributed by atoms with Crippen LogP contribution in [0.4, 0.5) is 0 Å². The minimum Gasteiger partial charge on any atom is -0.462 e. The Balaban J connectivity index is 2.12. The van der Waals surface area contributed by atoms with Gasteiger partial charge in [-0.25, -0.2) is 13.2 Å². The molecule has 0 atom stereocenters. The first-order chi connectivity index (χ1) is 9.38. The van der Waals surface area contributed by atoms with Gasteiger partial charge in [0.1, 0.15) is 0 Å². The van der Waals surface area contributed by atoms with E-state index in [0.717, 1.165) is 12.8 Å². The topological polar surface area (TPSA) is 60.4 Å². The molecule has 1 aromatic carbocycles. The number of ether oxygens (including phenoxy) is 1. The van der Waals surface area contributed by atoms with Crippen molar-refractivity contribution < 1.29 is 17.9 Å². The lowest BCUT2D eigenvalue weighted by Gasteiger charge is -2.11. The third-order valence-corrected chi connectivity index (χ3v) is 4.99. The van der Waals surface area contributed by atoms with Gasteiger partial charge in [-0.05, 0) is 43.4 Å². The molecule has 1 aliphatic carbocycles. The second-order valence-corrected chi connectivity index (χ2v) is 7.73. The van der Waals surface area contributed by atoms with Gasteiger partial charge in [0.15, 0.2) is 0 Å². The molecule has 0 radical (unpaired) electrons. The van der Waals surface area contributed by atoms with Crippen LogP contribution in [-0.2, 0) is 13.8 Å². The fraction of sp³-hybridized carbons (Fsp3) is 0.500. The molecule has 0 spiro atoms. The molecule has 0 bridgehead atoms. The number of esters is 1. The van der Waals surface area contributed by atoms with Crippen molar-refractivity contribution in [2.24, 2.45) is 5.92 Å².